The molecule has 0 saturated carbocycles. The quantitative estimate of drug-likeness (QED) is 0.565. The Morgan fingerprint density at radius 3 is 2.74 bits per heavy atom. The van der Waals surface area contributed by atoms with Crippen molar-refractivity contribution < 1.29 is 4.39 Å². The summed E-state index contributed by atoms with van der Waals surface area (Å²) in [5.41, 5.74) is 4.70. The van der Waals surface area contributed by atoms with Crippen molar-refractivity contribution in [2.75, 3.05) is 13.1 Å². The van der Waals surface area contributed by atoms with Crippen LogP contribution in [0.4, 0.5) is 4.39 Å². The van der Waals surface area contributed by atoms with Gasteiger partial charge in [-0.25, -0.2) is 18.9 Å². The van der Waals surface area contributed by atoms with Crippen LogP contribution in [0.2, 0.25) is 0 Å². The first-order valence-electron chi connectivity index (χ1n) is 9.23. The second kappa shape index (κ2) is 6.35. The molecule has 5 rings (SSSR count). The number of nitrogens with zero attached hydrogens (tertiary/aromatic N) is 4. The van der Waals surface area contributed by atoms with Crippen LogP contribution in [0.25, 0.3) is 27.1 Å². The molecule has 0 bridgehead atoms. The maximum atomic E-state index is 14.8. The largest absolute Gasteiger partial charge is 0.317 e. The third kappa shape index (κ3) is 2.91. The van der Waals surface area contributed by atoms with Crippen molar-refractivity contribution in [3.05, 3.63) is 46.5 Å². The minimum Gasteiger partial charge on any atom is -0.317 e. The maximum Gasteiger partial charge on any atom is 0.156 e. The third-order valence-electron chi connectivity index (χ3n) is 5.18. The number of thiazole rings is 1. The molecule has 27 heavy (non-hydrogen) atoms. The van der Waals surface area contributed by atoms with E-state index in [4.69, 9.17) is 0 Å². The average Bonchev–Trinajstić information content (AvgIpc) is 3.26. The van der Waals surface area contributed by atoms with Gasteiger partial charge in [-0.3, -0.25) is 0 Å². The number of fused-ring (bicyclic) bond motifs is 2. The van der Waals surface area contributed by atoms with Gasteiger partial charge in [0.05, 0.1) is 21.1 Å². The maximum absolute atomic E-state index is 14.8. The second-order valence-corrected chi connectivity index (χ2v) is 8.28. The van der Waals surface area contributed by atoms with Gasteiger partial charge < -0.3 is 5.32 Å². The molecule has 4 heterocycles. The van der Waals surface area contributed by atoms with Crippen LogP contribution in [0.5, 0.6) is 0 Å². The lowest BCUT2D eigenvalue weighted by Gasteiger charge is -2.20. The zero-order chi connectivity index (χ0) is 18.5. The first-order valence-corrected chi connectivity index (χ1v) is 10.1. The van der Waals surface area contributed by atoms with E-state index in [0.29, 0.717) is 11.4 Å². The molecule has 0 spiro atoms. The van der Waals surface area contributed by atoms with Gasteiger partial charge >= 0.3 is 0 Å². The highest BCUT2D eigenvalue weighted by Gasteiger charge is 2.21. The molecule has 0 radical (unpaired) electrons. The Labute approximate surface area is 160 Å². The summed E-state index contributed by atoms with van der Waals surface area (Å²) in [5.74, 6) is 0.154. The van der Waals surface area contributed by atoms with E-state index in [-0.39, 0.29) is 5.82 Å². The number of piperidine rings is 1. The molecule has 1 N–H and O–H groups in total. The van der Waals surface area contributed by atoms with Gasteiger partial charge in [0.15, 0.2) is 11.5 Å². The SMILES string of the molecule is Cc1cc2nc(-c3cc(F)c4nc(C5CCNCC5)sc4c3)cc(C)n2n1. The van der Waals surface area contributed by atoms with Crippen molar-refractivity contribution in [2.45, 2.75) is 32.6 Å². The lowest BCUT2D eigenvalue weighted by atomic mass is 9.99. The molecular weight excluding hydrogens is 361 g/mol. The van der Waals surface area contributed by atoms with Crippen molar-refractivity contribution >= 4 is 27.2 Å². The van der Waals surface area contributed by atoms with Crippen molar-refractivity contribution in [1.82, 2.24) is 24.9 Å². The number of halogens is 1. The van der Waals surface area contributed by atoms with E-state index in [1.165, 1.54) is 0 Å². The summed E-state index contributed by atoms with van der Waals surface area (Å²) in [7, 11) is 0. The van der Waals surface area contributed by atoms with E-state index in [9.17, 15) is 4.39 Å². The van der Waals surface area contributed by atoms with E-state index in [2.05, 4.69) is 20.4 Å². The normalized spacial score (nSPS) is 15.8. The zero-order valence-electron chi connectivity index (χ0n) is 15.3. The molecule has 0 unspecified atom stereocenters. The van der Waals surface area contributed by atoms with Crippen LogP contribution >= 0.6 is 11.3 Å². The smallest absolute Gasteiger partial charge is 0.156 e. The third-order valence-corrected chi connectivity index (χ3v) is 6.34. The molecule has 138 valence electrons. The van der Waals surface area contributed by atoms with Gasteiger partial charge in [-0.05, 0) is 58.0 Å². The lowest BCUT2D eigenvalue weighted by Crippen LogP contribution is -2.26. The van der Waals surface area contributed by atoms with Crippen molar-refractivity contribution in [2.24, 2.45) is 0 Å². The van der Waals surface area contributed by atoms with Crippen molar-refractivity contribution in [3.8, 4) is 11.3 Å². The molecule has 1 saturated heterocycles. The predicted octanol–water partition coefficient (Wildman–Crippen LogP) is 4.23. The minimum absolute atomic E-state index is 0.275. The monoisotopic (exact) mass is 381 g/mol. The van der Waals surface area contributed by atoms with E-state index < -0.39 is 0 Å². The summed E-state index contributed by atoms with van der Waals surface area (Å²) in [6.07, 6.45) is 2.12. The standard InChI is InChI=1S/C20H20FN5S/c1-11-7-18-23-16(8-12(2)26(18)25-11)14-9-15(21)19-17(10-14)27-20(24-19)13-3-5-22-6-4-13/h7-10,13,22H,3-6H2,1-2H3. The van der Waals surface area contributed by atoms with Gasteiger partial charge in [-0.2, -0.15) is 5.10 Å². The van der Waals surface area contributed by atoms with Crippen LogP contribution in [0.1, 0.15) is 35.2 Å². The number of hydrogen-bond donors (Lipinski definition) is 1. The van der Waals surface area contributed by atoms with E-state index >= 15 is 0 Å². The van der Waals surface area contributed by atoms with Gasteiger partial charge in [0.25, 0.3) is 0 Å². The van der Waals surface area contributed by atoms with E-state index in [1.807, 2.05) is 36.6 Å². The minimum atomic E-state index is -0.275. The van der Waals surface area contributed by atoms with E-state index in [1.54, 1.807) is 17.4 Å². The van der Waals surface area contributed by atoms with Gasteiger partial charge in [-0.15, -0.1) is 11.3 Å². The Bertz CT molecular complexity index is 1160. The summed E-state index contributed by atoms with van der Waals surface area (Å²) in [6, 6.07) is 7.46. The van der Waals surface area contributed by atoms with Gasteiger partial charge in [-0.1, -0.05) is 0 Å². The van der Waals surface area contributed by atoms with Gasteiger partial charge in [0.2, 0.25) is 0 Å². The fraction of sp³-hybridized carbons (Fsp3) is 0.350. The molecule has 7 heteroatoms. The Morgan fingerprint density at radius 1 is 1.11 bits per heavy atom. The fourth-order valence-corrected chi connectivity index (χ4v) is 4.98. The molecule has 5 nitrogen and oxygen atoms in total. The van der Waals surface area contributed by atoms with Gasteiger partial charge in [0.1, 0.15) is 5.52 Å². The average molecular weight is 381 g/mol. The Hall–Kier alpha value is -2.38. The molecule has 3 aromatic heterocycles. The number of aromatic nitrogens is 4. The number of benzene rings is 1. The molecule has 0 atom stereocenters. The summed E-state index contributed by atoms with van der Waals surface area (Å²) < 4.78 is 17.5. The second-order valence-electron chi connectivity index (χ2n) is 7.22. The Kier molecular flexibility index (Phi) is 3.94. The highest BCUT2D eigenvalue weighted by Crippen LogP contribution is 2.35. The van der Waals surface area contributed by atoms with Crippen LogP contribution in [-0.2, 0) is 0 Å². The Morgan fingerprint density at radius 2 is 1.93 bits per heavy atom. The number of hydrogen-bond acceptors (Lipinski definition) is 5. The predicted molar refractivity (Wildman–Crippen MR) is 106 cm³/mol. The first-order chi connectivity index (χ1) is 13.1. The summed E-state index contributed by atoms with van der Waals surface area (Å²) >= 11 is 1.61. The molecule has 1 aromatic carbocycles. The summed E-state index contributed by atoms with van der Waals surface area (Å²) in [5, 5.41) is 8.86. The number of nitrogens with one attached hydrogen (secondary N) is 1. The lowest BCUT2D eigenvalue weighted by molar-refractivity contribution is 0.459. The molecular formula is C20H20FN5S. The van der Waals surface area contributed by atoms with Crippen LogP contribution in [0.3, 0.4) is 0 Å². The molecule has 0 amide bonds. The molecule has 1 aliphatic heterocycles. The summed E-state index contributed by atoms with van der Waals surface area (Å²) in [4.78, 5) is 9.30. The highest BCUT2D eigenvalue weighted by atomic mass is 32.1. The van der Waals surface area contributed by atoms with Crippen LogP contribution in [-0.4, -0.2) is 32.7 Å². The fourth-order valence-electron chi connectivity index (χ4n) is 3.78. The first kappa shape index (κ1) is 16.8. The molecule has 1 aliphatic rings. The van der Waals surface area contributed by atoms with Crippen molar-refractivity contribution in [1.29, 1.82) is 0 Å². The number of rotatable bonds is 2. The highest BCUT2D eigenvalue weighted by molar-refractivity contribution is 7.18. The summed E-state index contributed by atoms with van der Waals surface area (Å²) in [6.45, 7) is 5.94. The Balaban J connectivity index is 1.61. The van der Waals surface area contributed by atoms with Crippen LogP contribution in [0.15, 0.2) is 24.3 Å². The van der Waals surface area contributed by atoms with Crippen LogP contribution < -0.4 is 5.32 Å². The van der Waals surface area contributed by atoms with Gasteiger partial charge in [0, 0.05) is 23.2 Å². The number of aryl methyl sites for hydroxylation is 2. The van der Waals surface area contributed by atoms with E-state index in [0.717, 1.165) is 63.9 Å². The molecule has 0 aliphatic carbocycles. The zero-order valence-corrected chi connectivity index (χ0v) is 16.1. The molecule has 1 fully saturated rings. The topological polar surface area (TPSA) is 55.1 Å². The molecule has 4 aromatic rings. The van der Waals surface area contributed by atoms with Crippen LogP contribution in [0, 0.1) is 19.7 Å². The van der Waals surface area contributed by atoms with Crippen molar-refractivity contribution in [3.63, 3.8) is 0 Å².